The van der Waals surface area contributed by atoms with Crippen LogP contribution in [0.1, 0.15) is 34.5 Å². The van der Waals surface area contributed by atoms with E-state index >= 15 is 0 Å². The molecule has 0 aliphatic heterocycles. The molecule has 0 aromatic carbocycles. The van der Waals surface area contributed by atoms with Gasteiger partial charge < -0.3 is 4.90 Å². The van der Waals surface area contributed by atoms with Gasteiger partial charge in [0.2, 0.25) is 5.78 Å². The minimum absolute atomic E-state index is 0.0817. The third-order valence-corrected chi connectivity index (χ3v) is 5.21. The molecule has 2 rings (SSSR count). The SMILES string of the molecule is CN(C)CCCCCSc1ncccc1C(=O)c1cccs1. The van der Waals surface area contributed by atoms with Crippen molar-refractivity contribution in [1.29, 1.82) is 0 Å². The molecule has 0 radical (unpaired) electrons. The Morgan fingerprint density at radius 1 is 1.23 bits per heavy atom. The first kappa shape index (κ1) is 17.2. The van der Waals surface area contributed by atoms with Crippen LogP contribution < -0.4 is 0 Å². The van der Waals surface area contributed by atoms with Crippen LogP contribution in [0.15, 0.2) is 40.9 Å². The van der Waals surface area contributed by atoms with Crippen molar-refractivity contribution in [2.24, 2.45) is 0 Å². The molecule has 2 aromatic rings. The summed E-state index contributed by atoms with van der Waals surface area (Å²) >= 11 is 3.17. The third kappa shape index (κ3) is 5.23. The normalized spacial score (nSPS) is 11.0. The lowest BCUT2D eigenvalue weighted by molar-refractivity contribution is 0.103. The lowest BCUT2D eigenvalue weighted by Gasteiger charge is -2.09. The second-order valence-corrected chi connectivity index (χ2v) is 7.41. The van der Waals surface area contributed by atoms with Crippen LogP contribution in [0.4, 0.5) is 0 Å². The molecule has 0 bridgehead atoms. The molecule has 118 valence electrons. The van der Waals surface area contributed by atoms with Gasteiger partial charge in [0.1, 0.15) is 5.03 Å². The number of ketones is 1. The first-order chi connectivity index (χ1) is 10.7. The second-order valence-electron chi connectivity index (χ2n) is 5.37. The molecule has 5 heteroatoms. The number of hydrogen-bond acceptors (Lipinski definition) is 5. The summed E-state index contributed by atoms with van der Waals surface area (Å²) in [5, 5.41) is 2.79. The van der Waals surface area contributed by atoms with Crippen LogP contribution >= 0.6 is 23.1 Å². The zero-order valence-corrected chi connectivity index (χ0v) is 14.8. The number of thioether (sulfide) groups is 1. The second kappa shape index (κ2) is 9.08. The van der Waals surface area contributed by atoms with Gasteiger partial charge in [-0.15, -0.1) is 23.1 Å². The maximum atomic E-state index is 12.5. The number of carbonyl (C=O) groups is 1. The molecule has 2 heterocycles. The Labute approximate surface area is 140 Å². The first-order valence-corrected chi connectivity index (χ1v) is 9.36. The molecule has 0 spiro atoms. The Morgan fingerprint density at radius 3 is 2.82 bits per heavy atom. The van der Waals surface area contributed by atoms with Crippen LogP contribution in [0.2, 0.25) is 0 Å². The number of thiophene rings is 1. The quantitative estimate of drug-likeness (QED) is 0.391. The molecule has 0 atom stereocenters. The summed E-state index contributed by atoms with van der Waals surface area (Å²) in [6.07, 6.45) is 5.35. The summed E-state index contributed by atoms with van der Waals surface area (Å²) in [6.45, 7) is 1.14. The lowest BCUT2D eigenvalue weighted by Crippen LogP contribution is -2.12. The summed E-state index contributed by atoms with van der Waals surface area (Å²) in [4.78, 5) is 19.9. The molecular formula is C17H22N2OS2. The molecule has 0 aliphatic carbocycles. The lowest BCUT2D eigenvalue weighted by atomic mass is 10.1. The van der Waals surface area contributed by atoms with E-state index < -0.39 is 0 Å². The monoisotopic (exact) mass is 334 g/mol. The molecule has 2 aromatic heterocycles. The number of carbonyl (C=O) groups excluding carboxylic acids is 1. The van der Waals surface area contributed by atoms with Crippen LogP contribution in [0, 0.1) is 0 Å². The molecular weight excluding hydrogens is 312 g/mol. The molecule has 3 nitrogen and oxygen atoms in total. The highest BCUT2D eigenvalue weighted by atomic mass is 32.2. The fourth-order valence-corrected chi connectivity index (χ4v) is 3.77. The number of unbranched alkanes of at least 4 members (excludes halogenated alkanes) is 2. The summed E-state index contributed by atoms with van der Waals surface area (Å²) in [6, 6.07) is 7.49. The topological polar surface area (TPSA) is 33.2 Å². The van der Waals surface area contributed by atoms with Crippen molar-refractivity contribution < 1.29 is 4.79 Å². The van der Waals surface area contributed by atoms with Gasteiger partial charge >= 0.3 is 0 Å². The minimum atomic E-state index is 0.0817. The smallest absolute Gasteiger partial charge is 0.205 e. The van der Waals surface area contributed by atoms with Gasteiger partial charge in [-0.05, 0) is 62.8 Å². The predicted octanol–water partition coefficient (Wildman–Crippen LogP) is 4.20. The van der Waals surface area contributed by atoms with E-state index in [1.807, 2.05) is 29.6 Å². The molecule has 0 aliphatic rings. The van der Waals surface area contributed by atoms with Gasteiger partial charge in [0, 0.05) is 6.20 Å². The number of rotatable bonds is 9. The van der Waals surface area contributed by atoms with Crippen molar-refractivity contribution in [3.8, 4) is 0 Å². The molecule has 0 unspecified atom stereocenters. The summed E-state index contributed by atoms with van der Waals surface area (Å²) in [5.74, 6) is 1.09. The van der Waals surface area contributed by atoms with E-state index in [4.69, 9.17) is 0 Å². The Bertz CT molecular complexity index is 582. The highest BCUT2D eigenvalue weighted by Gasteiger charge is 2.15. The average Bonchev–Trinajstić information content (AvgIpc) is 3.04. The van der Waals surface area contributed by atoms with E-state index in [0.29, 0.717) is 0 Å². The van der Waals surface area contributed by atoms with E-state index in [-0.39, 0.29) is 5.78 Å². The van der Waals surface area contributed by atoms with Crippen LogP contribution in [0.25, 0.3) is 0 Å². The largest absolute Gasteiger partial charge is 0.309 e. The molecule has 22 heavy (non-hydrogen) atoms. The molecule has 0 saturated heterocycles. The van der Waals surface area contributed by atoms with Gasteiger partial charge in [-0.2, -0.15) is 0 Å². The maximum Gasteiger partial charge on any atom is 0.205 e. The van der Waals surface area contributed by atoms with Gasteiger partial charge in [-0.1, -0.05) is 12.5 Å². The Hall–Kier alpha value is -1.17. The fraction of sp³-hybridized carbons (Fsp3) is 0.412. The van der Waals surface area contributed by atoms with E-state index in [2.05, 4.69) is 24.0 Å². The van der Waals surface area contributed by atoms with Crippen molar-refractivity contribution in [3.63, 3.8) is 0 Å². The van der Waals surface area contributed by atoms with Crippen molar-refractivity contribution in [2.75, 3.05) is 26.4 Å². The minimum Gasteiger partial charge on any atom is -0.309 e. The van der Waals surface area contributed by atoms with Gasteiger partial charge in [0.05, 0.1) is 10.4 Å². The van der Waals surface area contributed by atoms with Crippen LogP contribution in [-0.4, -0.2) is 42.1 Å². The van der Waals surface area contributed by atoms with Crippen LogP contribution in [0.5, 0.6) is 0 Å². The highest BCUT2D eigenvalue weighted by Crippen LogP contribution is 2.25. The van der Waals surface area contributed by atoms with Crippen molar-refractivity contribution >= 4 is 28.9 Å². The van der Waals surface area contributed by atoms with E-state index in [1.165, 1.54) is 24.2 Å². The van der Waals surface area contributed by atoms with Gasteiger partial charge in [-0.3, -0.25) is 4.79 Å². The highest BCUT2D eigenvalue weighted by molar-refractivity contribution is 7.99. The average molecular weight is 335 g/mol. The summed E-state index contributed by atoms with van der Waals surface area (Å²) in [7, 11) is 4.20. The summed E-state index contributed by atoms with van der Waals surface area (Å²) < 4.78 is 0. The van der Waals surface area contributed by atoms with Crippen LogP contribution in [0.3, 0.4) is 0 Å². The zero-order chi connectivity index (χ0) is 15.8. The van der Waals surface area contributed by atoms with Gasteiger partial charge in [0.25, 0.3) is 0 Å². The van der Waals surface area contributed by atoms with Crippen molar-refractivity contribution in [2.45, 2.75) is 24.3 Å². The molecule has 0 fully saturated rings. The predicted molar refractivity (Wildman–Crippen MR) is 95.1 cm³/mol. The van der Waals surface area contributed by atoms with Gasteiger partial charge in [-0.25, -0.2) is 4.98 Å². The zero-order valence-electron chi connectivity index (χ0n) is 13.1. The number of pyridine rings is 1. The molecule has 0 N–H and O–H groups in total. The van der Waals surface area contributed by atoms with Crippen molar-refractivity contribution in [1.82, 2.24) is 9.88 Å². The fourth-order valence-electron chi connectivity index (χ4n) is 2.09. The van der Waals surface area contributed by atoms with E-state index in [9.17, 15) is 4.79 Å². The summed E-state index contributed by atoms with van der Waals surface area (Å²) in [5.41, 5.74) is 0.725. The third-order valence-electron chi connectivity index (χ3n) is 3.25. The molecule has 0 amide bonds. The Balaban J connectivity index is 1.88. The standard InChI is InChI=1S/C17H22N2OS2/c1-19(2)11-4-3-5-12-22-17-14(8-6-10-18-17)16(20)15-9-7-13-21-15/h6-10,13H,3-5,11-12H2,1-2H3. The number of hydrogen-bond donors (Lipinski definition) is 0. The van der Waals surface area contributed by atoms with E-state index in [1.54, 1.807) is 18.0 Å². The Kier molecular flexibility index (Phi) is 7.09. The first-order valence-electron chi connectivity index (χ1n) is 7.49. The molecule has 0 saturated carbocycles. The van der Waals surface area contributed by atoms with E-state index in [0.717, 1.165) is 34.2 Å². The number of nitrogens with zero attached hydrogens (tertiary/aromatic N) is 2. The number of aromatic nitrogens is 1. The maximum absolute atomic E-state index is 12.5. The Morgan fingerprint density at radius 2 is 2.09 bits per heavy atom. The van der Waals surface area contributed by atoms with Gasteiger partial charge in [0.15, 0.2) is 0 Å². The van der Waals surface area contributed by atoms with Crippen LogP contribution in [-0.2, 0) is 0 Å². The van der Waals surface area contributed by atoms with Crippen molar-refractivity contribution in [3.05, 3.63) is 46.3 Å².